The molecule has 0 radical (unpaired) electrons. The van der Waals surface area contributed by atoms with Crippen LogP contribution in [0.3, 0.4) is 0 Å². The summed E-state index contributed by atoms with van der Waals surface area (Å²) in [4.78, 5) is 14.8. The van der Waals surface area contributed by atoms with Crippen molar-refractivity contribution in [2.24, 2.45) is 0 Å². The molecule has 0 aromatic heterocycles. The van der Waals surface area contributed by atoms with Crippen molar-refractivity contribution in [1.29, 1.82) is 0 Å². The third kappa shape index (κ3) is 3.96. The van der Waals surface area contributed by atoms with Crippen LogP contribution < -0.4 is 5.01 Å². The highest BCUT2D eigenvalue weighted by Gasteiger charge is 2.40. The van der Waals surface area contributed by atoms with E-state index in [1.165, 1.54) is 10.5 Å². The van der Waals surface area contributed by atoms with Gasteiger partial charge in [0.25, 0.3) is 5.91 Å². The zero-order valence-electron chi connectivity index (χ0n) is 16.9. The highest BCUT2D eigenvalue weighted by molar-refractivity contribution is 7.99. The zero-order valence-corrected chi connectivity index (χ0v) is 17.7. The minimum atomic E-state index is -0.250. The predicted octanol–water partition coefficient (Wildman–Crippen LogP) is 5.71. The highest BCUT2D eigenvalue weighted by atomic mass is 32.2. The second-order valence-electron chi connectivity index (χ2n) is 7.32. The van der Waals surface area contributed by atoms with Crippen molar-refractivity contribution in [3.63, 3.8) is 0 Å². The molecule has 0 spiro atoms. The Morgan fingerprint density at radius 1 is 0.931 bits per heavy atom. The molecule has 0 saturated carbocycles. The molecule has 0 fully saturated rings. The number of rotatable bonds is 7. The molecule has 4 rings (SSSR count). The quantitative estimate of drug-likeness (QED) is 0.473. The lowest BCUT2D eigenvalue weighted by atomic mass is 9.93. The molecule has 3 aromatic rings. The molecule has 4 heteroatoms. The molecule has 0 bridgehead atoms. The van der Waals surface area contributed by atoms with Gasteiger partial charge in [-0.05, 0) is 41.0 Å². The van der Waals surface area contributed by atoms with Crippen molar-refractivity contribution in [3.05, 3.63) is 95.6 Å². The van der Waals surface area contributed by atoms with Crippen LogP contribution in [0.5, 0.6) is 0 Å². The van der Waals surface area contributed by atoms with Crippen LogP contribution in [-0.4, -0.2) is 23.7 Å². The fraction of sp³-hybridized carbons (Fsp3) is 0.240. The lowest BCUT2D eigenvalue weighted by Gasteiger charge is -2.29. The summed E-state index contributed by atoms with van der Waals surface area (Å²) >= 11 is 1.89. The topological polar surface area (TPSA) is 23.6 Å². The van der Waals surface area contributed by atoms with Gasteiger partial charge in [0.05, 0.1) is 11.6 Å². The summed E-state index contributed by atoms with van der Waals surface area (Å²) in [5.41, 5.74) is 4.35. The van der Waals surface area contributed by atoms with E-state index in [0.29, 0.717) is 6.54 Å². The van der Waals surface area contributed by atoms with Gasteiger partial charge >= 0.3 is 0 Å². The number of nitrogens with zero attached hydrogens (tertiary/aromatic N) is 2. The number of anilines is 1. The van der Waals surface area contributed by atoms with Crippen molar-refractivity contribution in [2.45, 2.75) is 30.7 Å². The number of carbonyl (C=O) groups is 1. The summed E-state index contributed by atoms with van der Waals surface area (Å²) in [6.45, 7) is 2.89. The third-order valence-electron chi connectivity index (χ3n) is 5.24. The Morgan fingerprint density at radius 3 is 2.41 bits per heavy atom. The van der Waals surface area contributed by atoms with Crippen molar-refractivity contribution in [3.8, 4) is 0 Å². The average molecular weight is 403 g/mol. The summed E-state index contributed by atoms with van der Waals surface area (Å²) in [6.07, 6.45) is 1.14. The minimum Gasteiger partial charge on any atom is -0.272 e. The Labute approximate surface area is 177 Å². The number of hydrogen-bond acceptors (Lipinski definition) is 3. The summed E-state index contributed by atoms with van der Waals surface area (Å²) < 4.78 is 0. The normalized spacial score (nSPS) is 15.8. The van der Waals surface area contributed by atoms with Crippen LogP contribution in [0.4, 0.5) is 5.69 Å². The van der Waals surface area contributed by atoms with Crippen molar-refractivity contribution in [2.75, 3.05) is 17.8 Å². The molecule has 1 amide bonds. The number of para-hydroxylation sites is 1. The number of benzene rings is 3. The van der Waals surface area contributed by atoms with E-state index in [4.69, 9.17) is 0 Å². The number of hydrogen-bond donors (Lipinski definition) is 0. The van der Waals surface area contributed by atoms with E-state index >= 15 is 0 Å². The Morgan fingerprint density at radius 2 is 1.62 bits per heavy atom. The van der Waals surface area contributed by atoms with Gasteiger partial charge in [0.2, 0.25) is 0 Å². The standard InChI is InChI=1S/C25H26N2OS/c1-3-17-29-23-16-10-7-13-20(23)18-26(2)27-22-15-9-8-14-21(22)24(25(27)28)19-11-5-4-6-12-19/h4-16,24H,3,17-18H2,1-2H3. The number of amides is 1. The highest BCUT2D eigenvalue weighted by Crippen LogP contribution is 2.42. The third-order valence-corrected chi connectivity index (χ3v) is 6.56. The van der Waals surface area contributed by atoms with Crippen LogP contribution in [-0.2, 0) is 11.3 Å². The molecule has 1 aliphatic heterocycles. The number of hydrazine groups is 1. The molecule has 148 valence electrons. The van der Waals surface area contributed by atoms with E-state index in [9.17, 15) is 4.79 Å². The Bertz CT molecular complexity index is 989. The summed E-state index contributed by atoms with van der Waals surface area (Å²) in [6, 6.07) is 26.7. The molecular formula is C25H26N2OS. The van der Waals surface area contributed by atoms with Gasteiger partial charge in [-0.2, -0.15) is 0 Å². The summed E-state index contributed by atoms with van der Waals surface area (Å²) in [7, 11) is 2.00. The van der Waals surface area contributed by atoms with Crippen LogP contribution in [0.1, 0.15) is 36.0 Å². The molecule has 3 aromatic carbocycles. The van der Waals surface area contributed by atoms with Crippen LogP contribution >= 0.6 is 11.8 Å². The molecule has 0 N–H and O–H groups in total. The lowest BCUT2D eigenvalue weighted by molar-refractivity contribution is -0.121. The van der Waals surface area contributed by atoms with Crippen LogP contribution in [0, 0.1) is 0 Å². The van der Waals surface area contributed by atoms with Gasteiger partial charge in [0.1, 0.15) is 0 Å². The first kappa shape index (κ1) is 19.7. The molecule has 1 atom stereocenters. The molecular weight excluding hydrogens is 376 g/mol. The van der Waals surface area contributed by atoms with Crippen molar-refractivity contribution < 1.29 is 4.79 Å². The SMILES string of the molecule is CCCSc1ccccc1CN(C)N1C(=O)C(c2ccccc2)c2ccccc21. The van der Waals surface area contributed by atoms with Gasteiger partial charge in [-0.15, -0.1) is 11.8 Å². The minimum absolute atomic E-state index is 0.110. The Kier molecular flexibility index (Phi) is 6.02. The summed E-state index contributed by atoms with van der Waals surface area (Å²) in [5.74, 6) is 0.959. The maximum absolute atomic E-state index is 13.5. The first-order valence-corrected chi connectivity index (χ1v) is 11.1. The number of carbonyl (C=O) groups excluding carboxylic acids is 1. The first-order chi connectivity index (χ1) is 14.2. The van der Waals surface area contributed by atoms with Crippen LogP contribution in [0.2, 0.25) is 0 Å². The van der Waals surface area contributed by atoms with Gasteiger partial charge in [-0.25, -0.2) is 10.0 Å². The van der Waals surface area contributed by atoms with Crippen molar-refractivity contribution in [1.82, 2.24) is 5.01 Å². The smallest absolute Gasteiger partial charge is 0.253 e. The van der Waals surface area contributed by atoms with Gasteiger partial charge < -0.3 is 0 Å². The van der Waals surface area contributed by atoms with Gasteiger partial charge in [0.15, 0.2) is 0 Å². The largest absolute Gasteiger partial charge is 0.272 e. The maximum atomic E-state index is 13.5. The fourth-order valence-corrected chi connectivity index (χ4v) is 4.84. The predicted molar refractivity (Wildman–Crippen MR) is 121 cm³/mol. The maximum Gasteiger partial charge on any atom is 0.253 e. The first-order valence-electron chi connectivity index (χ1n) is 10.1. The number of thioether (sulfide) groups is 1. The molecule has 1 aliphatic rings. The molecule has 1 unspecified atom stereocenters. The average Bonchev–Trinajstić information content (AvgIpc) is 3.05. The number of fused-ring (bicyclic) bond motifs is 1. The van der Waals surface area contributed by atoms with E-state index in [1.807, 2.05) is 72.3 Å². The van der Waals surface area contributed by atoms with Crippen LogP contribution in [0.25, 0.3) is 0 Å². The van der Waals surface area contributed by atoms with Gasteiger partial charge in [-0.3, -0.25) is 4.79 Å². The Balaban J connectivity index is 1.64. The second kappa shape index (κ2) is 8.85. The molecule has 29 heavy (non-hydrogen) atoms. The van der Waals surface area contributed by atoms with E-state index in [-0.39, 0.29) is 11.8 Å². The van der Waals surface area contributed by atoms with E-state index < -0.39 is 0 Å². The second-order valence-corrected chi connectivity index (χ2v) is 8.46. The van der Waals surface area contributed by atoms with E-state index in [1.54, 1.807) is 0 Å². The summed E-state index contributed by atoms with van der Waals surface area (Å²) in [5, 5.41) is 3.91. The Hall–Kier alpha value is -2.56. The van der Waals surface area contributed by atoms with E-state index in [2.05, 4.69) is 42.3 Å². The lowest BCUT2D eigenvalue weighted by Crippen LogP contribution is -2.42. The van der Waals surface area contributed by atoms with Gasteiger partial charge in [0, 0.05) is 18.5 Å². The molecule has 1 heterocycles. The van der Waals surface area contributed by atoms with Crippen LogP contribution in [0.15, 0.2) is 83.8 Å². The van der Waals surface area contributed by atoms with Crippen molar-refractivity contribution >= 4 is 23.4 Å². The fourth-order valence-electron chi connectivity index (χ4n) is 3.92. The monoisotopic (exact) mass is 402 g/mol. The zero-order chi connectivity index (χ0) is 20.2. The molecule has 3 nitrogen and oxygen atoms in total. The molecule has 0 saturated heterocycles. The molecule has 0 aliphatic carbocycles. The van der Waals surface area contributed by atoms with Gasteiger partial charge in [-0.1, -0.05) is 73.7 Å². The van der Waals surface area contributed by atoms with E-state index in [0.717, 1.165) is 29.0 Å².